The second-order valence-corrected chi connectivity index (χ2v) is 7.18. The minimum Gasteiger partial charge on any atom is -0.323 e. The molecule has 0 fully saturated rings. The number of hydrogen-bond acceptors (Lipinski definition) is 3. The number of aromatic nitrogens is 4. The summed E-state index contributed by atoms with van der Waals surface area (Å²) in [5, 5.41) is 11.5. The number of nitrogens with zero attached hydrogens (tertiary/aromatic N) is 4. The molecule has 1 aromatic carbocycles. The van der Waals surface area contributed by atoms with E-state index < -0.39 is 0 Å². The van der Waals surface area contributed by atoms with Crippen molar-refractivity contribution in [3.8, 4) is 0 Å². The highest BCUT2D eigenvalue weighted by molar-refractivity contribution is 14.1. The molecule has 0 atom stereocenters. The van der Waals surface area contributed by atoms with Gasteiger partial charge in [0.2, 0.25) is 5.91 Å². The maximum atomic E-state index is 12.1. The number of aryl methyl sites for hydroxylation is 2. The van der Waals surface area contributed by atoms with Gasteiger partial charge in [0, 0.05) is 18.3 Å². The van der Waals surface area contributed by atoms with Crippen LogP contribution in [0, 0.1) is 17.4 Å². The molecule has 130 valence electrons. The lowest BCUT2D eigenvalue weighted by Gasteiger charge is -2.05. The number of benzene rings is 1. The summed E-state index contributed by atoms with van der Waals surface area (Å²) in [6.07, 6.45) is 5.71. The molecular weight excluding hydrogens is 429 g/mol. The van der Waals surface area contributed by atoms with Gasteiger partial charge in [0.15, 0.2) is 0 Å². The van der Waals surface area contributed by atoms with Crippen LogP contribution in [-0.2, 0) is 17.9 Å². The summed E-state index contributed by atoms with van der Waals surface area (Å²) in [6.45, 7) is 5.32. The summed E-state index contributed by atoms with van der Waals surface area (Å²) in [4.78, 5) is 12.1. The Kier molecular flexibility index (Phi) is 5.52. The average Bonchev–Trinajstić information content (AvgIpc) is 3.13. The molecule has 25 heavy (non-hydrogen) atoms. The van der Waals surface area contributed by atoms with Crippen molar-refractivity contribution in [2.24, 2.45) is 0 Å². The fourth-order valence-corrected chi connectivity index (χ4v) is 3.00. The van der Waals surface area contributed by atoms with Gasteiger partial charge in [-0.25, -0.2) is 0 Å². The Morgan fingerprint density at radius 1 is 1.24 bits per heavy atom. The lowest BCUT2D eigenvalue weighted by molar-refractivity contribution is -0.116. The van der Waals surface area contributed by atoms with Crippen LogP contribution in [-0.4, -0.2) is 25.5 Å². The predicted octanol–water partition coefficient (Wildman–Crippen LogP) is 3.38. The molecule has 3 aromatic rings. The zero-order chi connectivity index (χ0) is 17.8. The van der Waals surface area contributed by atoms with E-state index in [0.717, 1.165) is 9.26 Å². The lowest BCUT2D eigenvalue weighted by Crippen LogP contribution is -2.15. The molecule has 6 nitrogen and oxygen atoms in total. The van der Waals surface area contributed by atoms with Crippen molar-refractivity contribution in [3.63, 3.8) is 0 Å². The lowest BCUT2D eigenvalue weighted by atomic mass is 10.1. The van der Waals surface area contributed by atoms with Crippen LogP contribution in [0.15, 0.2) is 42.9 Å². The molecule has 2 aromatic heterocycles. The van der Waals surface area contributed by atoms with E-state index in [2.05, 4.69) is 63.2 Å². The monoisotopic (exact) mass is 449 g/mol. The third-order valence-corrected chi connectivity index (χ3v) is 5.00. The van der Waals surface area contributed by atoms with Gasteiger partial charge in [0.25, 0.3) is 0 Å². The SMILES string of the molecule is Cc1cccc(Cn2cc(NC(=O)CCn3ncc(I)c3C)cn2)c1. The molecule has 0 aliphatic carbocycles. The van der Waals surface area contributed by atoms with Crippen LogP contribution in [0.3, 0.4) is 0 Å². The third-order valence-electron chi connectivity index (χ3n) is 3.94. The van der Waals surface area contributed by atoms with Gasteiger partial charge in [-0.15, -0.1) is 0 Å². The van der Waals surface area contributed by atoms with E-state index in [0.29, 0.717) is 25.2 Å². The van der Waals surface area contributed by atoms with Crippen LogP contribution in [0.5, 0.6) is 0 Å². The quantitative estimate of drug-likeness (QED) is 0.587. The Bertz CT molecular complexity index is 883. The maximum Gasteiger partial charge on any atom is 0.226 e. The predicted molar refractivity (Wildman–Crippen MR) is 105 cm³/mol. The summed E-state index contributed by atoms with van der Waals surface area (Å²) >= 11 is 2.24. The van der Waals surface area contributed by atoms with Crippen LogP contribution in [0.25, 0.3) is 0 Å². The molecule has 0 aliphatic rings. The van der Waals surface area contributed by atoms with Gasteiger partial charge in [-0.05, 0) is 42.0 Å². The highest BCUT2D eigenvalue weighted by Crippen LogP contribution is 2.12. The maximum absolute atomic E-state index is 12.1. The van der Waals surface area contributed by atoms with Crippen molar-refractivity contribution in [1.82, 2.24) is 19.6 Å². The first-order valence-electron chi connectivity index (χ1n) is 8.07. The van der Waals surface area contributed by atoms with Crippen LogP contribution in [0.1, 0.15) is 23.2 Å². The molecule has 0 aliphatic heterocycles. The minimum absolute atomic E-state index is 0.0417. The Labute approximate surface area is 160 Å². The van der Waals surface area contributed by atoms with E-state index in [1.54, 1.807) is 6.20 Å². The first-order valence-corrected chi connectivity index (χ1v) is 9.15. The Morgan fingerprint density at radius 2 is 2.08 bits per heavy atom. The third kappa shape index (κ3) is 4.68. The topological polar surface area (TPSA) is 64.7 Å². The van der Waals surface area contributed by atoms with Crippen LogP contribution in [0.4, 0.5) is 5.69 Å². The Hall–Kier alpha value is -2.16. The van der Waals surface area contributed by atoms with Gasteiger partial charge >= 0.3 is 0 Å². The smallest absolute Gasteiger partial charge is 0.226 e. The van der Waals surface area contributed by atoms with Gasteiger partial charge in [-0.3, -0.25) is 14.2 Å². The van der Waals surface area contributed by atoms with Crippen molar-refractivity contribution in [2.75, 3.05) is 5.32 Å². The van der Waals surface area contributed by atoms with E-state index in [1.807, 2.05) is 34.7 Å². The van der Waals surface area contributed by atoms with Gasteiger partial charge in [0.05, 0.1) is 34.7 Å². The number of hydrogen-bond donors (Lipinski definition) is 1. The van der Waals surface area contributed by atoms with E-state index >= 15 is 0 Å². The van der Waals surface area contributed by atoms with Crippen molar-refractivity contribution >= 4 is 34.2 Å². The Morgan fingerprint density at radius 3 is 2.80 bits per heavy atom. The van der Waals surface area contributed by atoms with Crippen molar-refractivity contribution in [1.29, 1.82) is 0 Å². The van der Waals surface area contributed by atoms with E-state index in [9.17, 15) is 4.79 Å². The molecule has 7 heteroatoms. The molecule has 0 spiro atoms. The van der Waals surface area contributed by atoms with Crippen LogP contribution < -0.4 is 5.32 Å². The molecule has 2 heterocycles. The van der Waals surface area contributed by atoms with Gasteiger partial charge in [0.1, 0.15) is 0 Å². The molecule has 1 amide bonds. The minimum atomic E-state index is -0.0417. The Balaban J connectivity index is 1.54. The number of carbonyl (C=O) groups excluding carboxylic acids is 1. The molecule has 0 saturated heterocycles. The van der Waals surface area contributed by atoms with Crippen molar-refractivity contribution in [2.45, 2.75) is 33.4 Å². The fourth-order valence-electron chi connectivity index (χ4n) is 2.59. The second kappa shape index (κ2) is 7.81. The largest absolute Gasteiger partial charge is 0.323 e. The molecule has 0 bridgehead atoms. The number of halogens is 1. The van der Waals surface area contributed by atoms with Crippen molar-refractivity contribution in [3.05, 3.63) is 63.2 Å². The molecule has 3 rings (SSSR count). The summed E-state index contributed by atoms with van der Waals surface area (Å²) < 4.78 is 4.78. The first-order chi connectivity index (χ1) is 12.0. The molecule has 0 unspecified atom stereocenters. The standard InChI is InChI=1S/C18H20IN5O/c1-13-4-3-5-15(8-13)11-23-12-16(9-20-23)22-18(25)6-7-24-14(2)17(19)10-21-24/h3-5,8-10,12H,6-7,11H2,1-2H3,(H,22,25). The average molecular weight is 449 g/mol. The van der Waals surface area contributed by atoms with Gasteiger partial charge in [-0.2, -0.15) is 10.2 Å². The zero-order valence-electron chi connectivity index (χ0n) is 14.2. The fraction of sp³-hybridized carbons (Fsp3) is 0.278. The second-order valence-electron chi connectivity index (χ2n) is 6.01. The summed E-state index contributed by atoms with van der Waals surface area (Å²) in [7, 11) is 0. The summed E-state index contributed by atoms with van der Waals surface area (Å²) in [6, 6.07) is 8.31. The normalized spacial score (nSPS) is 10.8. The number of nitrogens with one attached hydrogen (secondary N) is 1. The summed E-state index contributed by atoms with van der Waals surface area (Å²) in [5.41, 5.74) is 4.20. The number of carbonyl (C=O) groups is 1. The molecule has 0 saturated carbocycles. The van der Waals surface area contributed by atoms with Crippen LogP contribution >= 0.6 is 22.6 Å². The summed E-state index contributed by atoms with van der Waals surface area (Å²) in [5.74, 6) is -0.0417. The highest BCUT2D eigenvalue weighted by Gasteiger charge is 2.08. The van der Waals surface area contributed by atoms with E-state index in [1.165, 1.54) is 11.1 Å². The van der Waals surface area contributed by atoms with E-state index in [4.69, 9.17) is 0 Å². The van der Waals surface area contributed by atoms with Crippen molar-refractivity contribution < 1.29 is 4.79 Å². The number of anilines is 1. The highest BCUT2D eigenvalue weighted by atomic mass is 127. The van der Waals surface area contributed by atoms with E-state index in [-0.39, 0.29) is 5.91 Å². The van der Waals surface area contributed by atoms with Gasteiger partial charge in [-0.1, -0.05) is 29.8 Å². The zero-order valence-corrected chi connectivity index (χ0v) is 16.4. The molecule has 0 radical (unpaired) electrons. The first kappa shape index (κ1) is 17.7. The number of rotatable bonds is 6. The van der Waals surface area contributed by atoms with Crippen LogP contribution in [0.2, 0.25) is 0 Å². The molecule has 1 N–H and O–H groups in total. The molecular formula is C18H20IN5O. The number of amides is 1. The van der Waals surface area contributed by atoms with Gasteiger partial charge < -0.3 is 5.32 Å².